The molecule has 0 radical (unpaired) electrons. The Morgan fingerprint density at radius 2 is 2.38 bits per heavy atom. The normalized spacial score (nSPS) is 19.1. The molecular formula is C11H14N4O. The first-order valence-corrected chi connectivity index (χ1v) is 5.66. The molecule has 1 aliphatic carbocycles. The van der Waals surface area contributed by atoms with Crippen molar-refractivity contribution in [2.24, 2.45) is 0 Å². The van der Waals surface area contributed by atoms with Gasteiger partial charge < -0.3 is 10.2 Å². The van der Waals surface area contributed by atoms with Gasteiger partial charge in [0.05, 0.1) is 12.2 Å². The molecule has 84 valence electrons. The van der Waals surface area contributed by atoms with Gasteiger partial charge in [-0.15, -0.1) is 0 Å². The molecule has 1 aromatic heterocycles. The SMILES string of the molecule is O=C(NC1CC1)N1CCc2cncnc2C1. The Labute approximate surface area is 93.9 Å². The molecule has 5 heteroatoms. The number of nitrogens with one attached hydrogen (secondary N) is 1. The summed E-state index contributed by atoms with van der Waals surface area (Å²) in [5.41, 5.74) is 2.14. The molecule has 0 spiro atoms. The highest BCUT2D eigenvalue weighted by molar-refractivity contribution is 5.75. The van der Waals surface area contributed by atoms with Crippen LogP contribution in [-0.2, 0) is 13.0 Å². The van der Waals surface area contributed by atoms with Crippen molar-refractivity contribution in [1.29, 1.82) is 0 Å². The van der Waals surface area contributed by atoms with E-state index in [0.717, 1.165) is 37.1 Å². The van der Waals surface area contributed by atoms with Crippen LogP contribution in [0.1, 0.15) is 24.1 Å². The summed E-state index contributed by atoms with van der Waals surface area (Å²) in [5, 5.41) is 3.00. The summed E-state index contributed by atoms with van der Waals surface area (Å²) < 4.78 is 0. The van der Waals surface area contributed by atoms with Gasteiger partial charge in [-0.05, 0) is 24.8 Å². The minimum atomic E-state index is 0.0479. The molecule has 1 saturated carbocycles. The van der Waals surface area contributed by atoms with Crippen LogP contribution >= 0.6 is 0 Å². The smallest absolute Gasteiger partial charge is 0.317 e. The minimum Gasteiger partial charge on any atom is -0.335 e. The van der Waals surface area contributed by atoms with Crippen LogP contribution < -0.4 is 5.32 Å². The average molecular weight is 218 g/mol. The first-order valence-electron chi connectivity index (χ1n) is 5.66. The van der Waals surface area contributed by atoms with Crippen LogP contribution in [0.4, 0.5) is 4.79 Å². The van der Waals surface area contributed by atoms with E-state index in [4.69, 9.17) is 0 Å². The van der Waals surface area contributed by atoms with Crippen molar-refractivity contribution in [3.63, 3.8) is 0 Å². The molecule has 0 bridgehead atoms. The first kappa shape index (κ1) is 9.57. The third-order valence-corrected chi connectivity index (χ3v) is 3.07. The molecule has 0 unspecified atom stereocenters. The molecule has 2 amide bonds. The summed E-state index contributed by atoms with van der Waals surface area (Å²) in [6.45, 7) is 1.37. The van der Waals surface area contributed by atoms with E-state index in [2.05, 4.69) is 15.3 Å². The molecule has 1 N–H and O–H groups in total. The van der Waals surface area contributed by atoms with E-state index in [1.807, 2.05) is 11.1 Å². The van der Waals surface area contributed by atoms with Crippen molar-refractivity contribution in [2.45, 2.75) is 31.8 Å². The van der Waals surface area contributed by atoms with Crippen LogP contribution in [0.5, 0.6) is 0 Å². The van der Waals surface area contributed by atoms with Crippen molar-refractivity contribution >= 4 is 6.03 Å². The third kappa shape index (κ3) is 1.85. The van der Waals surface area contributed by atoms with Gasteiger partial charge in [-0.3, -0.25) is 0 Å². The van der Waals surface area contributed by atoms with Crippen LogP contribution in [-0.4, -0.2) is 33.5 Å². The highest BCUT2D eigenvalue weighted by Gasteiger charge is 2.27. The number of rotatable bonds is 1. The van der Waals surface area contributed by atoms with E-state index in [1.54, 1.807) is 6.33 Å². The quantitative estimate of drug-likeness (QED) is 0.755. The zero-order chi connectivity index (χ0) is 11.0. The number of hydrogen-bond donors (Lipinski definition) is 1. The Kier molecular flexibility index (Phi) is 2.23. The monoisotopic (exact) mass is 218 g/mol. The number of amides is 2. The molecule has 2 aliphatic rings. The molecule has 0 saturated heterocycles. The number of carbonyl (C=O) groups is 1. The van der Waals surface area contributed by atoms with E-state index in [0.29, 0.717) is 12.6 Å². The standard InChI is InChI=1S/C11H14N4O/c16-11(14-9-1-2-9)15-4-3-8-5-12-7-13-10(8)6-15/h5,7,9H,1-4,6H2,(H,14,16). The van der Waals surface area contributed by atoms with E-state index in [9.17, 15) is 4.79 Å². The van der Waals surface area contributed by atoms with Crippen LogP contribution in [0.25, 0.3) is 0 Å². The molecule has 1 aliphatic heterocycles. The fourth-order valence-electron chi connectivity index (χ4n) is 1.92. The summed E-state index contributed by atoms with van der Waals surface area (Å²) in [4.78, 5) is 21.9. The molecule has 0 aromatic carbocycles. The largest absolute Gasteiger partial charge is 0.335 e. The maximum Gasteiger partial charge on any atom is 0.317 e. The van der Waals surface area contributed by atoms with Gasteiger partial charge in [-0.25, -0.2) is 14.8 Å². The van der Waals surface area contributed by atoms with Crippen LogP contribution in [0, 0.1) is 0 Å². The maximum atomic E-state index is 11.8. The number of carbonyl (C=O) groups excluding carboxylic acids is 1. The van der Waals surface area contributed by atoms with Crippen LogP contribution in [0.2, 0.25) is 0 Å². The lowest BCUT2D eigenvalue weighted by atomic mass is 10.1. The predicted octanol–water partition coefficient (Wildman–Crippen LogP) is 0.707. The summed E-state index contributed by atoms with van der Waals surface area (Å²) in [6.07, 6.45) is 6.49. The second-order valence-electron chi connectivity index (χ2n) is 4.39. The van der Waals surface area contributed by atoms with Crippen molar-refractivity contribution in [3.05, 3.63) is 23.8 Å². The molecule has 5 nitrogen and oxygen atoms in total. The lowest BCUT2D eigenvalue weighted by Crippen LogP contribution is -2.43. The average Bonchev–Trinajstić information content (AvgIpc) is 3.12. The molecule has 0 atom stereocenters. The molecular weight excluding hydrogens is 204 g/mol. The molecule has 2 heterocycles. The zero-order valence-corrected chi connectivity index (χ0v) is 9.02. The Balaban J connectivity index is 1.69. The zero-order valence-electron chi connectivity index (χ0n) is 9.02. The summed E-state index contributed by atoms with van der Waals surface area (Å²) in [7, 11) is 0. The Morgan fingerprint density at radius 3 is 3.19 bits per heavy atom. The van der Waals surface area contributed by atoms with E-state index in [1.165, 1.54) is 0 Å². The van der Waals surface area contributed by atoms with Crippen LogP contribution in [0.15, 0.2) is 12.5 Å². The highest BCUT2D eigenvalue weighted by Crippen LogP contribution is 2.20. The maximum absolute atomic E-state index is 11.8. The lowest BCUT2D eigenvalue weighted by molar-refractivity contribution is 0.191. The third-order valence-electron chi connectivity index (χ3n) is 3.07. The van der Waals surface area contributed by atoms with Gasteiger partial charge in [0.2, 0.25) is 0 Å². The Hall–Kier alpha value is -1.65. The van der Waals surface area contributed by atoms with Gasteiger partial charge in [0.25, 0.3) is 0 Å². The Morgan fingerprint density at radius 1 is 1.50 bits per heavy atom. The van der Waals surface area contributed by atoms with Gasteiger partial charge in [0.15, 0.2) is 0 Å². The number of fused-ring (bicyclic) bond motifs is 1. The second kappa shape index (κ2) is 3.73. The van der Waals surface area contributed by atoms with Gasteiger partial charge in [0.1, 0.15) is 6.33 Å². The van der Waals surface area contributed by atoms with Gasteiger partial charge in [-0.1, -0.05) is 0 Å². The van der Waals surface area contributed by atoms with E-state index in [-0.39, 0.29) is 6.03 Å². The second-order valence-corrected chi connectivity index (χ2v) is 4.39. The first-order chi connectivity index (χ1) is 7.83. The summed E-state index contributed by atoms with van der Waals surface area (Å²) >= 11 is 0. The van der Waals surface area contributed by atoms with Crippen LogP contribution in [0.3, 0.4) is 0 Å². The number of aromatic nitrogens is 2. The van der Waals surface area contributed by atoms with Crippen molar-refractivity contribution < 1.29 is 4.79 Å². The topological polar surface area (TPSA) is 58.1 Å². The van der Waals surface area contributed by atoms with Crippen molar-refractivity contribution in [2.75, 3.05) is 6.54 Å². The molecule has 3 rings (SSSR count). The van der Waals surface area contributed by atoms with Gasteiger partial charge >= 0.3 is 6.03 Å². The fraction of sp³-hybridized carbons (Fsp3) is 0.545. The lowest BCUT2D eigenvalue weighted by Gasteiger charge is -2.27. The highest BCUT2D eigenvalue weighted by atomic mass is 16.2. The molecule has 1 aromatic rings. The number of nitrogens with zero attached hydrogens (tertiary/aromatic N) is 3. The van der Waals surface area contributed by atoms with Crippen molar-refractivity contribution in [3.8, 4) is 0 Å². The van der Waals surface area contributed by atoms with Crippen molar-refractivity contribution in [1.82, 2.24) is 20.2 Å². The summed E-state index contributed by atoms with van der Waals surface area (Å²) in [5.74, 6) is 0. The minimum absolute atomic E-state index is 0.0479. The molecule has 16 heavy (non-hydrogen) atoms. The van der Waals surface area contributed by atoms with Gasteiger partial charge in [-0.2, -0.15) is 0 Å². The van der Waals surface area contributed by atoms with E-state index >= 15 is 0 Å². The van der Waals surface area contributed by atoms with E-state index < -0.39 is 0 Å². The summed E-state index contributed by atoms with van der Waals surface area (Å²) in [6, 6.07) is 0.464. The molecule has 1 fully saturated rings. The Bertz CT molecular complexity index is 416. The fourth-order valence-corrected chi connectivity index (χ4v) is 1.92. The predicted molar refractivity (Wildman–Crippen MR) is 57.7 cm³/mol. The number of urea groups is 1. The van der Waals surface area contributed by atoms with Gasteiger partial charge in [0, 0.05) is 18.8 Å². The number of hydrogen-bond acceptors (Lipinski definition) is 3.